The lowest BCUT2D eigenvalue weighted by Crippen LogP contribution is -2.55. The third-order valence-electron chi connectivity index (χ3n) is 6.96. The zero-order valence-electron chi connectivity index (χ0n) is 21.9. The molecule has 0 spiro atoms. The SMILES string of the molecule is Cl.FC(F)(F)[C@H](CN1CCO[C@H](Cc2ccccc2)C1)O[C@@H](CN1CCO[C@H](Cc2ccccc2)C1)C(F)(F)F. The highest BCUT2D eigenvalue weighted by atomic mass is 35.5. The van der Waals surface area contributed by atoms with Gasteiger partial charge < -0.3 is 14.2 Å². The zero-order valence-corrected chi connectivity index (χ0v) is 22.8. The van der Waals surface area contributed by atoms with Crippen molar-refractivity contribution < 1.29 is 40.6 Å². The average Bonchev–Trinajstić information content (AvgIpc) is 2.88. The highest BCUT2D eigenvalue weighted by molar-refractivity contribution is 5.85. The molecule has 0 amide bonds. The van der Waals surface area contributed by atoms with E-state index in [4.69, 9.17) is 14.2 Å². The molecule has 2 aromatic carbocycles. The highest BCUT2D eigenvalue weighted by Gasteiger charge is 2.50. The van der Waals surface area contributed by atoms with Crippen molar-refractivity contribution in [3.05, 3.63) is 71.8 Å². The minimum absolute atomic E-state index is 0. The first kappa shape index (κ1) is 32.6. The van der Waals surface area contributed by atoms with Crippen LogP contribution in [0.1, 0.15) is 11.1 Å². The Labute approximate surface area is 236 Å². The van der Waals surface area contributed by atoms with Crippen LogP contribution in [-0.4, -0.2) is 99.1 Å². The number of alkyl halides is 6. The molecule has 0 bridgehead atoms. The van der Waals surface area contributed by atoms with Crippen molar-refractivity contribution in [2.24, 2.45) is 0 Å². The Kier molecular flexibility index (Phi) is 12.1. The lowest BCUT2D eigenvalue weighted by Gasteiger charge is -2.38. The molecule has 5 nitrogen and oxygen atoms in total. The summed E-state index contributed by atoms with van der Waals surface area (Å²) in [4.78, 5) is 2.96. The lowest BCUT2D eigenvalue weighted by molar-refractivity contribution is -0.292. The summed E-state index contributed by atoms with van der Waals surface area (Å²) < 4.78 is 100. The molecule has 0 aromatic heterocycles. The van der Waals surface area contributed by atoms with Gasteiger partial charge in [-0.3, -0.25) is 9.80 Å². The quantitative estimate of drug-likeness (QED) is 0.354. The second-order valence-electron chi connectivity index (χ2n) is 10.1. The molecule has 0 saturated carbocycles. The zero-order chi connectivity index (χ0) is 27.9. The Morgan fingerprint density at radius 1 is 0.675 bits per heavy atom. The van der Waals surface area contributed by atoms with Crippen molar-refractivity contribution in [3.8, 4) is 0 Å². The first-order valence-electron chi connectivity index (χ1n) is 13.1. The van der Waals surface area contributed by atoms with Crippen LogP contribution in [0, 0.1) is 0 Å². The summed E-state index contributed by atoms with van der Waals surface area (Å²) in [5, 5.41) is 0. The number of hydrogen-bond acceptors (Lipinski definition) is 5. The molecule has 0 unspecified atom stereocenters. The predicted molar refractivity (Wildman–Crippen MR) is 141 cm³/mol. The monoisotopic (exact) mass is 596 g/mol. The summed E-state index contributed by atoms with van der Waals surface area (Å²) in [5.74, 6) is 0. The van der Waals surface area contributed by atoms with Crippen LogP contribution < -0.4 is 0 Å². The van der Waals surface area contributed by atoms with Crippen LogP contribution in [0.3, 0.4) is 0 Å². The van der Waals surface area contributed by atoms with E-state index < -0.39 is 37.7 Å². The smallest absolute Gasteiger partial charge is 0.375 e. The predicted octanol–water partition coefficient (Wildman–Crippen LogP) is 5.17. The fourth-order valence-electron chi connectivity index (χ4n) is 5.01. The minimum atomic E-state index is -4.96. The van der Waals surface area contributed by atoms with Gasteiger partial charge in [-0.1, -0.05) is 60.7 Å². The first-order valence-corrected chi connectivity index (χ1v) is 13.1. The van der Waals surface area contributed by atoms with Gasteiger partial charge in [0.25, 0.3) is 0 Å². The third kappa shape index (κ3) is 10.2. The van der Waals surface area contributed by atoms with Crippen LogP contribution >= 0.6 is 12.4 Å². The van der Waals surface area contributed by atoms with Gasteiger partial charge in [0.1, 0.15) is 0 Å². The van der Waals surface area contributed by atoms with Gasteiger partial charge in [0.05, 0.1) is 25.4 Å². The molecule has 40 heavy (non-hydrogen) atoms. The van der Waals surface area contributed by atoms with Gasteiger partial charge in [-0.25, -0.2) is 0 Å². The van der Waals surface area contributed by atoms with Crippen LogP contribution in [0.2, 0.25) is 0 Å². The number of ether oxygens (including phenoxy) is 3. The van der Waals surface area contributed by atoms with Crippen LogP contribution in [0.4, 0.5) is 26.3 Å². The summed E-state index contributed by atoms with van der Waals surface area (Å²) >= 11 is 0. The molecule has 2 aliphatic heterocycles. The number of benzene rings is 2. The Hall–Kier alpha value is -1.89. The summed E-state index contributed by atoms with van der Waals surface area (Å²) in [5.41, 5.74) is 1.95. The molecule has 0 N–H and O–H groups in total. The van der Waals surface area contributed by atoms with Gasteiger partial charge in [-0.2, -0.15) is 26.3 Å². The number of hydrogen-bond donors (Lipinski definition) is 0. The van der Waals surface area contributed by atoms with E-state index >= 15 is 0 Å². The molecule has 0 aliphatic carbocycles. The van der Waals surface area contributed by atoms with E-state index in [0.717, 1.165) is 11.1 Å². The molecule has 2 heterocycles. The van der Waals surface area contributed by atoms with Gasteiger partial charge in [-0.15, -0.1) is 12.4 Å². The average molecular weight is 597 g/mol. The van der Waals surface area contributed by atoms with Gasteiger partial charge in [0, 0.05) is 39.3 Å². The van der Waals surface area contributed by atoms with E-state index in [-0.39, 0.29) is 64.0 Å². The Morgan fingerprint density at radius 2 is 1.05 bits per heavy atom. The highest BCUT2D eigenvalue weighted by Crippen LogP contribution is 2.32. The largest absolute Gasteiger partial charge is 0.415 e. The minimum Gasteiger partial charge on any atom is -0.375 e. The molecule has 12 heteroatoms. The van der Waals surface area contributed by atoms with Gasteiger partial charge in [0.15, 0.2) is 12.2 Å². The van der Waals surface area contributed by atoms with Crippen molar-refractivity contribution in [2.45, 2.75) is 49.6 Å². The van der Waals surface area contributed by atoms with E-state index in [1.807, 2.05) is 60.7 Å². The summed E-state index contributed by atoms with van der Waals surface area (Å²) in [7, 11) is 0. The third-order valence-corrected chi connectivity index (χ3v) is 6.96. The van der Waals surface area contributed by atoms with Crippen molar-refractivity contribution in [1.82, 2.24) is 9.80 Å². The summed E-state index contributed by atoms with van der Waals surface area (Å²) in [6, 6.07) is 18.8. The van der Waals surface area contributed by atoms with E-state index in [9.17, 15) is 26.3 Å². The van der Waals surface area contributed by atoms with Crippen LogP contribution in [0.15, 0.2) is 60.7 Å². The Balaban J connectivity index is 0.00000441. The lowest BCUT2D eigenvalue weighted by atomic mass is 10.1. The second kappa shape index (κ2) is 14.8. The number of rotatable bonds is 10. The van der Waals surface area contributed by atoms with E-state index in [1.54, 1.807) is 0 Å². The Morgan fingerprint density at radius 3 is 1.40 bits per heavy atom. The fourth-order valence-corrected chi connectivity index (χ4v) is 5.01. The van der Waals surface area contributed by atoms with Crippen molar-refractivity contribution in [2.75, 3.05) is 52.5 Å². The normalized spacial score (nSPS) is 22.9. The first-order chi connectivity index (χ1) is 18.6. The molecule has 2 aliphatic rings. The number of morpholine rings is 2. The molecule has 4 atom stereocenters. The van der Waals surface area contributed by atoms with Crippen LogP contribution in [0.5, 0.6) is 0 Å². The molecule has 2 fully saturated rings. The maximum Gasteiger partial charge on any atom is 0.415 e. The second-order valence-corrected chi connectivity index (χ2v) is 10.1. The molecular formula is C28H35ClF6N2O3. The van der Waals surface area contributed by atoms with Gasteiger partial charge >= 0.3 is 12.4 Å². The summed E-state index contributed by atoms with van der Waals surface area (Å²) in [6.45, 7) is -0.277. The van der Waals surface area contributed by atoms with E-state index in [0.29, 0.717) is 12.8 Å². The Bertz CT molecular complexity index is 920. The standard InChI is InChI=1S/C28H34F6N2O3.ClH/c29-27(30,31)25(19-35-11-13-37-23(17-35)15-21-7-3-1-4-8-21)39-26(28(32,33)34)20-36-12-14-38-24(18-36)16-22-9-5-2-6-10-22;/h1-10,23-26H,11-20H2;1H/t23-,24-,25+,26+;/m1./s1. The van der Waals surface area contributed by atoms with Crippen molar-refractivity contribution in [3.63, 3.8) is 0 Å². The fraction of sp³-hybridized carbons (Fsp3) is 0.571. The topological polar surface area (TPSA) is 34.2 Å². The van der Waals surface area contributed by atoms with Gasteiger partial charge in [-0.05, 0) is 24.0 Å². The molecule has 0 radical (unpaired) electrons. The maximum atomic E-state index is 14.0. The van der Waals surface area contributed by atoms with Crippen molar-refractivity contribution >= 4 is 12.4 Å². The number of halogens is 7. The number of nitrogens with zero attached hydrogens (tertiary/aromatic N) is 2. The van der Waals surface area contributed by atoms with Crippen molar-refractivity contribution in [1.29, 1.82) is 0 Å². The van der Waals surface area contributed by atoms with Crippen LogP contribution in [-0.2, 0) is 27.1 Å². The molecular weight excluding hydrogens is 562 g/mol. The molecule has 4 rings (SSSR count). The van der Waals surface area contributed by atoms with E-state index in [1.165, 1.54) is 9.80 Å². The van der Waals surface area contributed by atoms with Crippen LogP contribution in [0.25, 0.3) is 0 Å². The maximum absolute atomic E-state index is 14.0. The van der Waals surface area contributed by atoms with E-state index in [2.05, 4.69) is 0 Å². The molecule has 224 valence electrons. The molecule has 2 saturated heterocycles. The van der Waals surface area contributed by atoms with Gasteiger partial charge in [0.2, 0.25) is 0 Å². The summed E-state index contributed by atoms with van der Waals surface area (Å²) in [6.07, 6.45) is -14.8. The molecule has 2 aromatic rings.